The van der Waals surface area contributed by atoms with Crippen LogP contribution in [0.3, 0.4) is 0 Å². The van der Waals surface area contributed by atoms with Crippen LogP contribution in [-0.2, 0) is 0 Å². The SMILES string of the molecule is C=C/C=C\Nc1ccc(C)o1. The molecule has 1 aromatic heterocycles. The van der Waals surface area contributed by atoms with Gasteiger partial charge in [0.1, 0.15) is 5.76 Å². The lowest BCUT2D eigenvalue weighted by Crippen LogP contribution is -1.81. The van der Waals surface area contributed by atoms with Gasteiger partial charge in [0.15, 0.2) is 5.88 Å². The molecule has 0 radical (unpaired) electrons. The lowest BCUT2D eigenvalue weighted by molar-refractivity contribution is 0.551. The summed E-state index contributed by atoms with van der Waals surface area (Å²) in [6.45, 7) is 5.44. The summed E-state index contributed by atoms with van der Waals surface area (Å²) in [5.74, 6) is 1.65. The van der Waals surface area contributed by atoms with Crippen LogP contribution in [-0.4, -0.2) is 0 Å². The van der Waals surface area contributed by atoms with Crippen molar-refractivity contribution in [3.05, 3.63) is 42.8 Å². The molecule has 58 valence electrons. The number of aryl methyl sites for hydroxylation is 1. The van der Waals surface area contributed by atoms with Gasteiger partial charge in [-0.1, -0.05) is 12.7 Å². The van der Waals surface area contributed by atoms with Gasteiger partial charge in [0.2, 0.25) is 0 Å². The normalized spacial score (nSPS) is 10.3. The van der Waals surface area contributed by atoms with Crippen LogP contribution in [0, 0.1) is 6.92 Å². The minimum absolute atomic E-state index is 0.751. The summed E-state index contributed by atoms with van der Waals surface area (Å²) in [5, 5.41) is 2.95. The molecule has 1 heterocycles. The molecule has 0 unspecified atom stereocenters. The van der Waals surface area contributed by atoms with Gasteiger partial charge >= 0.3 is 0 Å². The van der Waals surface area contributed by atoms with Crippen LogP contribution in [0.4, 0.5) is 5.88 Å². The predicted molar refractivity (Wildman–Crippen MR) is 46.4 cm³/mol. The summed E-state index contributed by atoms with van der Waals surface area (Å²) in [5.41, 5.74) is 0. The topological polar surface area (TPSA) is 25.2 Å². The molecule has 11 heavy (non-hydrogen) atoms. The molecule has 2 nitrogen and oxygen atoms in total. The zero-order valence-electron chi connectivity index (χ0n) is 6.50. The lowest BCUT2D eigenvalue weighted by atomic mass is 10.5. The first-order chi connectivity index (χ1) is 5.33. The zero-order chi connectivity index (χ0) is 8.10. The molecule has 0 aliphatic rings. The summed E-state index contributed by atoms with van der Waals surface area (Å²) in [4.78, 5) is 0. The Morgan fingerprint density at radius 1 is 1.55 bits per heavy atom. The third-order valence-electron chi connectivity index (χ3n) is 1.20. The number of nitrogens with one attached hydrogen (secondary N) is 1. The molecule has 0 spiro atoms. The molecular formula is C9H11NO. The van der Waals surface area contributed by atoms with Gasteiger partial charge in [-0.25, -0.2) is 0 Å². The van der Waals surface area contributed by atoms with E-state index in [1.54, 1.807) is 18.4 Å². The standard InChI is InChI=1S/C9H11NO/c1-3-4-7-10-9-6-5-8(2)11-9/h3-7,10H,1H2,2H3/b7-4-. The average molecular weight is 149 g/mol. The summed E-state index contributed by atoms with van der Waals surface area (Å²) in [6.07, 6.45) is 5.27. The number of rotatable bonds is 3. The molecular weight excluding hydrogens is 138 g/mol. The summed E-state index contributed by atoms with van der Waals surface area (Å²) < 4.78 is 5.23. The fourth-order valence-corrected chi connectivity index (χ4v) is 0.710. The molecule has 2 heteroatoms. The third kappa shape index (κ3) is 2.34. The van der Waals surface area contributed by atoms with Gasteiger partial charge in [-0.15, -0.1) is 0 Å². The van der Waals surface area contributed by atoms with Crippen LogP contribution >= 0.6 is 0 Å². The van der Waals surface area contributed by atoms with Crippen LogP contribution < -0.4 is 5.32 Å². The van der Waals surface area contributed by atoms with Crippen molar-refractivity contribution in [2.45, 2.75) is 6.92 Å². The van der Waals surface area contributed by atoms with E-state index in [0.29, 0.717) is 0 Å². The van der Waals surface area contributed by atoms with E-state index < -0.39 is 0 Å². The van der Waals surface area contributed by atoms with Gasteiger partial charge in [-0.05, 0) is 19.1 Å². The molecule has 0 saturated heterocycles. The fourth-order valence-electron chi connectivity index (χ4n) is 0.710. The first-order valence-electron chi connectivity index (χ1n) is 3.43. The van der Waals surface area contributed by atoms with Crippen molar-refractivity contribution in [2.75, 3.05) is 5.32 Å². The molecule has 1 N–H and O–H groups in total. The Morgan fingerprint density at radius 2 is 2.36 bits per heavy atom. The van der Waals surface area contributed by atoms with Crippen LogP contribution in [0.25, 0.3) is 0 Å². The number of hydrogen-bond acceptors (Lipinski definition) is 2. The van der Waals surface area contributed by atoms with Gasteiger partial charge in [-0.2, -0.15) is 0 Å². The third-order valence-corrected chi connectivity index (χ3v) is 1.20. The van der Waals surface area contributed by atoms with Gasteiger partial charge in [0.05, 0.1) is 0 Å². The first-order valence-corrected chi connectivity index (χ1v) is 3.43. The number of furan rings is 1. The van der Waals surface area contributed by atoms with Crippen LogP contribution in [0.5, 0.6) is 0 Å². The smallest absolute Gasteiger partial charge is 0.196 e. The zero-order valence-corrected chi connectivity index (χ0v) is 6.50. The highest BCUT2D eigenvalue weighted by molar-refractivity contribution is 5.35. The lowest BCUT2D eigenvalue weighted by Gasteiger charge is -1.91. The van der Waals surface area contributed by atoms with E-state index in [1.807, 2.05) is 19.1 Å². The molecule has 1 aromatic rings. The van der Waals surface area contributed by atoms with Gasteiger partial charge < -0.3 is 9.73 Å². The van der Waals surface area contributed by atoms with E-state index in [2.05, 4.69) is 11.9 Å². The molecule has 0 aromatic carbocycles. The molecule has 0 atom stereocenters. The molecule has 0 fully saturated rings. The molecule has 0 aliphatic carbocycles. The highest BCUT2D eigenvalue weighted by atomic mass is 16.4. The Morgan fingerprint density at radius 3 is 2.91 bits per heavy atom. The van der Waals surface area contributed by atoms with Crippen LogP contribution in [0.1, 0.15) is 5.76 Å². The minimum atomic E-state index is 0.751. The van der Waals surface area contributed by atoms with E-state index >= 15 is 0 Å². The van der Waals surface area contributed by atoms with Crippen molar-refractivity contribution >= 4 is 5.88 Å². The van der Waals surface area contributed by atoms with Crippen molar-refractivity contribution in [1.82, 2.24) is 0 Å². The quantitative estimate of drug-likeness (QED) is 0.668. The summed E-state index contributed by atoms with van der Waals surface area (Å²) in [7, 11) is 0. The maximum Gasteiger partial charge on any atom is 0.196 e. The second-order valence-electron chi connectivity index (χ2n) is 2.15. The summed E-state index contributed by atoms with van der Waals surface area (Å²) in [6, 6.07) is 3.78. The van der Waals surface area contributed by atoms with E-state index in [0.717, 1.165) is 11.6 Å². The minimum Gasteiger partial charge on any atom is -0.446 e. The maximum absolute atomic E-state index is 5.23. The number of allylic oxidation sites excluding steroid dienone is 2. The van der Waals surface area contributed by atoms with E-state index in [9.17, 15) is 0 Å². The maximum atomic E-state index is 5.23. The Hall–Kier alpha value is -1.44. The highest BCUT2D eigenvalue weighted by Crippen LogP contribution is 2.11. The fraction of sp³-hybridized carbons (Fsp3) is 0.111. The van der Waals surface area contributed by atoms with Crippen molar-refractivity contribution < 1.29 is 4.42 Å². The molecule has 1 rings (SSSR count). The molecule has 0 saturated carbocycles. The second-order valence-corrected chi connectivity index (χ2v) is 2.15. The molecule has 0 bridgehead atoms. The highest BCUT2D eigenvalue weighted by Gasteiger charge is 1.91. The van der Waals surface area contributed by atoms with Crippen molar-refractivity contribution in [1.29, 1.82) is 0 Å². The number of hydrogen-bond donors (Lipinski definition) is 1. The average Bonchev–Trinajstić information content (AvgIpc) is 2.37. The van der Waals surface area contributed by atoms with Gasteiger partial charge in [0, 0.05) is 12.3 Å². The monoisotopic (exact) mass is 149 g/mol. The van der Waals surface area contributed by atoms with Crippen molar-refractivity contribution in [2.24, 2.45) is 0 Å². The number of anilines is 1. The van der Waals surface area contributed by atoms with Crippen LogP contribution in [0.15, 0.2) is 41.5 Å². The van der Waals surface area contributed by atoms with Crippen LogP contribution in [0.2, 0.25) is 0 Å². The van der Waals surface area contributed by atoms with E-state index in [4.69, 9.17) is 4.42 Å². The Kier molecular flexibility index (Phi) is 2.55. The molecule has 0 amide bonds. The molecule has 0 aliphatic heterocycles. The van der Waals surface area contributed by atoms with E-state index in [-0.39, 0.29) is 0 Å². The summed E-state index contributed by atoms with van der Waals surface area (Å²) >= 11 is 0. The Balaban J connectivity index is 2.51. The van der Waals surface area contributed by atoms with Gasteiger partial charge in [0.25, 0.3) is 0 Å². The predicted octanol–water partition coefficient (Wildman–Crippen LogP) is 2.70. The van der Waals surface area contributed by atoms with Gasteiger partial charge in [-0.3, -0.25) is 0 Å². The Labute approximate surface area is 66.2 Å². The van der Waals surface area contributed by atoms with Crippen molar-refractivity contribution in [3.63, 3.8) is 0 Å². The van der Waals surface area contributed by atoms with E-state index in [1.165, 1.54) is 0 Å². The Bertz CT molecular complexity index is 260. The largest absolute Gasteiger partial charge is 0.446 e. The van der Waals surface area contributed by atoms with Crippen molar-refractivity contribution in [3.8, 4) is 0 Å². The second kappa shape index (κ2) is 3.66. The first kappa shape index (κ1) is 7.66.